The van der Waals surface area contributed by atoms with Gasteiger partial charge >= 0.3 is 0 Å². The maximum absolute atomic E-state index is 6.19. The summed E-state index contributed by atoms with van der Waals surface area (Å²) in [4.78, 5) is 4.43. The van der Waals surface area contributed by atoms with E-state index in [2.05, 4.69) is 23.9 Å². The summed E-state index contributed by atoms with van der Waals surface area (Å²) in [5.41, 5.74) is 8.66. The standard InChI is InChI=1S/C13H21N5O/c1-8(2)6-18-7-15-11(12(18)14)10-9(3)16-17(4)13(10)19-5/h7-8H,6,14H2,1-5H3. The lowest BCUT2D eigenvalue weighted by molar-refractivity contribution is 0.374. The molecule has 0 spiro atoms. The van der Waals surface area contributed by atoms with Gasteiger partial charge in [0.2, 0.25) is 5.88 Å². The van der Waals surface area contributed by atoms with E-state index < -0.39 is 0 Å². The van der Waals surface area contributed by atoms with Crippen molar-refractivity contribution in [1.29, 1.82) is 0 Å². The summed E-state index contributed by atoms with van der Waals surface area (Å²) < 4.78 is 9.06. The van der Waals surface area contributed by atoms with E-state index in [0.717, 1.165) is 23.5 Å². The van der Waals surface area contributed by atoms with Crippen molar-refractivity contribution in [3.05, 3.63) is 12.0 Å². The van der Waals surface area contributed by atoms with E-state index in [4.69, 9.17) is 10.5 Å². The van der Waals surface area contributed by atoms with Crippen LogP contribution >= 0.6 is 0 Å². The second-order valence-electron chi connectivity index (χ2n) is 5.12. The number of rotatable bonds is 4. The van der Waals surface area contributed by atoms with E-state index >= 15 is 0 Å². The number of nitrogens with two attached hydrogens (primary N) is 1. The normalized spacial score (nSPS) is 11.3. The largest absolute Gasteiger partial charge is 0.481 e. The fraction of sp³-hybridized carbons (Fsp3) is 0.538. The Bertz CT molecular complexity index is 582. The van der Waals surface area contributed by atoms with Crippen LogP contribution in [0.2, 0.25) is 0 Å². The first-order valence-corrected chi connectivity index (χ1v) is 6.34. The van der Waals surface area contributed by atoms with Gasteiger partial charge in [0.05, 0.1) is 24.7 Å². The van der Waals surface area contributed by atoms with Crippen LogP contribution in [0.4, 0.5) is 5.82 Å². The first kappa shape index (κ1) is 13.5. The minimum Gasteiger partial charge on any atom is -0.481 e. The molecule has 2 aromatic rings. The Labute approximate surface area is 113 Å². The number of hydrogen-bond acceptors (Lipinski definition) is 4. The maximum Gasteiger partial charge on any atom is 0.221 e. The summed E-state index contributed by atoms with van der Waals surface area (Å²) in [6, 6.07) is 0. The highest BCUT2D eigenvalue weighted by Crippen LogP contribution is 2.35. The van der Waals surface area contributed by atoms with Gasteiger partial charge in [-0.05, 0) is 12.8 Å². The average molecular weight is 263 g/mol. The summed E-state index contributed by atoms with van der Waals surface area (Å²) in [5.74, 6) is 1.85. The van der Waals surface area contributed by atoms with E-state index in [1.807, 2.05) is 18.5 Å². The van der Waals surface area contributed by atoms with Crippen molar-refractivity contribution >= 4 is 5.82 Å². The Hall–Kier alpha value is -1.98. The molecule has 0 radical (unpaired) electrons. The molecule has 0 atom stereocenters. The molecule has 0 aliphatic rings. The number of imidazole rings is 1. The smallest absolute Gasteiger partial charge is 0.221 e. The minimum atomic E-state index is 0.515. The Balaban J connectivity index is 2.51. The predicted octanol–water partition coefficient (Wildman–Crippen LogP) is 1.84. The van der Waals surface area contributed by atoms with Crippen LogP contribution in [-0.2, 0) is 13.6 Å². The third-order valence-electron chi connectivity index (χ3n) is 3.04. The van der Waals surface area contributed by atoms with Crippen molar-refractivity contribution in [1.82, 2.24) is 19.3 Å². The lowest BCUT2D eigenvalue weighted by Gasteiger charge is -2.08. The number of ether oxygens (including phenoxy) is 1. The van der Waals surface area contributed by atoms with Gasteiger partial charge in [-0.15, -0.1) is 0 Å². The predicted molar refractivity (Wildman–Crippen MR) is 75.0 cm³/mol. The molecule has 0 bridgehead atoms. The molecular formula is C13H21N5O. The first-order valence-electron chi connectivity index (χ1n) is 6.34. The fourth-order valence-electron chi connectivity index (χ4n) is 2.27. The number of nitrogen functional groups attached to an aromatic ring is 1. The average Bonchev–Trinajstić information content (AvgIpc) is 2.80. The SMILES string of the molecule is COc1c(-c2ncn(CC(C)C)c2N)c(C)nn1C. The molecular weight excluding hydrogens is 242 g/mol. The molecule has 2 N–H and O–H groups in total. The Morgan fingerprint density at radius 2 is 2.11 bits per heavy atom. The number of aryl methyl sites for hydroxylation is 2. The highest BCUT2D eigenvalue weighted by molar-refractivity contribution is 5.76. The summed E-state index contributed by atoms with van der Waals surface area (Å²) in [6.45, 7) is 7.07. The summed E-state index contributed by atoms with van der Waals surface area (Å²) in [6.07, 6.45) is 1.77. The van der Waals surface area contributed by atoms with Crippen LogP contribution in [0.1, 0.15) is 19.5 Å². The van der Waals surface area contributed by atoms with Gasteiger partial charge in [-0.25, -0.2) is 9.67 Å². The van der Waals surface area contributed by atoms with E-state index in [9.17, 15) is 0 Å². The zero-order valence-electron chi connectivity index (χ0n) is 12.1. The monoisotopic (exact) mass is 263 g/mol. The number of nitrogens with zero attached hydrogens (tertiary/aromatic N) is 4. The van der Waals surface area contributed by atoms with Crippen molar-refractivity contribution in [2.45, 2.75) is 27.3 Å². The van der Waals surface area contributed by atoms with Gasteiger partial charge in [-0.3, -0.25) is 0 Å². The third-order valence-corrected chi connectivity index (χ3v) is 3.04. The molecule has 0 unspecified atom stereocenters. The molecule has 0 saturated carbocycles. The van der Waals surface area contributed by atoms with Crippen molar-refractivity contribution in [2.24, 2.45) is 13.0 Å². The molecule has 6 heteroatoms. The lowest BCUT2D eigenvalue weighted by atomic mass is 10.2. The van der Waals surface area contributed by atoms with E-state index in [0.29, 0.717) is 17.6 Å². The van der Waals surface area contributed by atoms with Crippen molar-refractivity contribution in [3.63, 3.8) is 0 Å². The molecule has 0 aliphatic carbocycles. The number of anilines is 1. The fourth-order valence-corrected chi connectivity index (χ4v) is 2.27. The van der Waals surface area contributed by atoms with Crippen LogP contribution in [0, 0.1) is 12.8 Å². The molecule has 0 aliphatic heterocycles. The van der Waals surface area contributed by atoms with Crippen LogP contribution in [0.25, 0.3) is 11.3 Å². The minimum absolute atomic E-state index is 0.515. The third kappa shape index (κ3) is 2.30. The van der Waals surface area contributed by atoms with Gasteiger partial charge in [-0.1, -0.05) is 13.8 Å². The lowest BCUT2D eigenvalue weighted by Crippen LogP contribution is -2.07. The zero-order valence-corrected chi connectivity index (χ0v) is 12.1. The Morgan fingerprint density at radius 1 is 1.42 bits per heavy atom. The second kappa shape index (κ2) is 4.95. The molecule has 0 amide bonds. The van der Waals surface area contributed by atoms with Gasteiger partial charge in [0.1, 0.15) is 11.5 Å². The molecule has 19 heavy (non-hydrogen) atoms. The maximum atomic E-state index is 6.19. The topological polar surface area (TPSA) is 70.9 Å². The van der Waals surface area contributed by atoms with E-state index in [1.165, 1.54) is 0 Å². The second-order valence-corrected chi connectivity index (χ2v) is 5.12. The highest BCUT2D eigenvalue weighted by Gasteiger charge is 2.21. The molecule has 6 nitrogen and oxygen atoms in total. The van der Waals surface area contributed by atoms with Crippen LogP contribution in [0.5, 0.6) is 5.88 Å². The summed E-state index contributed by atoms with van der Waals surface area (Å²) >= 11 is 0. The Kier molecular flexibility index (Phi) is 3.50. The quantitative estimate of drug-likeness (QED) is 0.913. The molecule has 2 rings (SSSR count). The number of hydrogen-bond donors (Lipinski definition) is 1. The summed E-state index contributed by atoms with van der Waals surface area (Å²) in [5, 5.41) is 4.36. The van der Waals surface area contributed by atoms with Crippen LogP contribution in [0.15, 0.2) is 6.33 Å². The number of aromatic nitrogens is 4. The number of methoxy groups -OCH3 is 1. The van der Waals surface area contributed by atoms with Crippen molar-refractivity contribution in [2.75, 3.05) is 12.8 Å². The van der Waals surface area contributed by atoms with Gasteiger partial charge in [0, 0.05) is 13.6 Å². The van der Waals surface area contributed by atoms with Crippen LogP contribution < -0.4 is 10.5 Å². The molecule has 0 fully saturated rings. The van der Waals surface area contributed by atoms with E-state index in [-0.39, 0.29) is 0 Å². The van der Waals surface area contributed by atoms with Gasteiger partial charge < -0.3 is 15.0 Å². The first-order chi connectivity index (χ1) is 8.95. The molecule has 2 heterocycles. The van der Waals surface area contributed by atoms with Crippen LogP contribution in [-0.4, -0.2) is 26.4 Å². The Morgan fingerprint density at radius 3 is 2.68 bits per heavy atom. The molecule has 0 saturated heterocycles. The van der Waals surface area contributed by atoms with E-state index in [1.54, 1.807) is 18.1 Å². The molecule has 104 valence electrons. The highest BCUT2D eigenvalue weighted by atomic mass is 16.5. The molecule has 0 aromatic carbocycles. The van der Waals surface area contributed by atoms with Crippen LogP contribution in [0.3, 0.4) is 0 Å². The summed E-state index contributed by atoms with van der Waals surface area (Å²) in [7, 11) is 3.47. The van der Waals surface area contributed by atoms with Crippen molar-refractivity contribution in [3.8, 4) is 17.1 Å². The van der Waals surface area contributed by atoms with Crippen molar-refractivity contribution < 1.29 is 4.74 Å². The molecule has 2 aromatic heterocycles. The van der Waals surface area contributed by atoms with Gasteiger partial charge in [0.25, 0.3) is 0 Å². The van der Waals surface area contributed by atoms with Gasteiger partial charge in [-0.2, -0.15) is 5.10 Å². The van der Waals surface area contributed by atoms with Gasteiger partial charge in [0.15, 0.2) is 0 Å². The zero-order chi connectivity index (χ0) is 14.2.